The van der Waals surface area contributed by atoms with E-state index in [-0.39, 0.29) is 18.4 Å². The SMILES string of the molecule is CCCCCCCCCCCC(=O)OCCC(=O)CCC. The van der Waals surface area contributed by atoms with E-state index < -0.39 is 0 Å². The van der Waals surface area contributed by atoms with Gasteiger partial charge in [0.2, 0.25) is 0 Å². The van der Waals surface area contributed by atoms with E-state index in [0.717, 1.165) is 19.3 Å². The first kappa shape index (κ1) is 20.1. The van der Waals surface area contributed by atoms with Crippen molar-refractivity contribution in [1.82, 2.24) is 0 Å². The molecule has 124 valence electrons. The second-order valence-electron chi connectivity index (χ2n) is 5.84. The van der Waals surface area contributed by atoms with E-state index in [1.54, 1.807) is 0 Å². The van der Waals surface area contributed by atoms with Gasteiger partial charge >= 0.3 is 5.97 Å². The summed E-state index contributed by atoms with van der Waals surface area (Å²) in [4.78, 5) is 22.7. The molecule has 0 saturated heterocycles. The minimum Gasteiger partial charge on any atom is -0.465 e. The van der Waals surface area contributed by atoms with E-state index in [0.29, 0.717) is 19.3 Å². The molecule has 3 heteroatoms. The highest BCUT2D eigenvalue weighted by molar-refractivity contribution is 5.78. The summed E-state index contributed by atoms with van der Waals surface area (Å²) in [5, 5.41) is 0. The van der Waals surface area contributed by atoms with Crippen LogP contribution in [0.5, 0.6) is 0 Å². The molecule has 0 spiro atoms. The van der Waals surface area contributed by atoms with E-state index in [4.69, 9.17) is 4.74 Å². The van der Waals surface area contributed by atoms with Gasteiger partial charge in [-0.3, -0.25) is 9.59 Å². The van der Waals surface area contributed by atoms with E-state index in [2.05, 4.69) is 6.92 Å². The van der Waals surface area contributed by atoms with Gasteiger partial charge in [-0.25, -0.2) is 0 Å². The normalized spacial score (nSPS) is 10.6. The minimum atomic E-state index is -0.151. The van der Waals surface area contributed by atoms with Crippen LogP contribution in [0.1, 0.15) is 97.3 Å². The van der Waals surface area contributed by atoms with E-state index >= 15 is 0 Å². The summed E-state index contributed by atoms with van der Waals surface area (Å²) in [5.74, 6) is 0.0376. The Labute approximate surface area is 130 Å². The third-order valence-electron chi connectivity index (χ3n) is 3.66. The molecule has 0 unspecified atom stereocenters. The van der Waals surface area contributed by atoms with Crippen LogP contribution < -0.4 is 0 Å². The van der Waals surface area contributed by atoms with Gasteiger partial charge in [0.1, 0.15) is 5.78 Å². The zero-order valence-corrected chi connectivity index (χ0v) is 14.1. The maximum atomic E-state index is 11.5. The summed E-state index contributed by atoms with van der Waals surface area (Å²) in [6.45, 7) is 4.47. The summed E-state index contributed by atoms with van der Waals surface area (Å²) in [6.07, 6.45) is 13.5. The number of carbonyl (C=O) groups is 2. The Kier molecular flexibility index (Phi) is 14.9. The molecule has 0 N–H and O–H groups in total. The van der Waals surface area contributed by atoms with E-state index in [1.807, 2.05) is 6.92 Å². The number of carbonyl (C=O) groups excluding carboxylic acids is 2. The number of hydrogen-bond donors (Lipinski definition) is 0. The van der Waals surface area contributed by atoms with Gasteiger partial charge < -0.3 is 4.74 Å². The monoisotopic (exact) mass is 298 g/mol. The number of esters is 1. The van der Waals surface area contributed by atoms with Crippen molar-refractivity contribution in [2.75, 3.05) is 6.61 Å². The number of ether oxygens (including phenoxy) is 1. The lowest BCUT2D eigenvalue weighted by atomic mass is 10.1. The van der Waals surface area contributed by atoms with Crippen LogP contribution in [0.4, 0.5) is 0 Å². The third-order valence-corrected chi connectivity index (χ3v) is 3.66. The molecule has 0 aliphatic carbocycles. The molecule has 3 nitrogen and oxygen atoms in total. The minimum absolute atomic E-state index is 0.151. The molecular formula is C18H34O3. The fourth-order valence-corrected chi connectivity index (χ4v) is 2.33. The molecule has 0 aromatic carbocycles. The van der Waals surface area contributed by atoms with Crippen LogP contribution >= 0.6 is 0 Å². The van der Waals surface area contributed by atoms with Crippen LogP contribution in [0, 0.1) is 0 Å². The summed E-state index contributed by atoms with van der Waals surface area (Å²) in [7, 11) is 0. The lowest BCUT2D eigenvalue weighted by molar-refractivity contribution is -0.144. The Morgan fingerprint density at radius 3 is 1.81 bits per heavy atom. The Hall–Kier alpha value is -0.860. The summed E-state index contributed by atoms with van der Waals surface area (Å²) in [6, 6.07) is 0. The molecule has 21 heavy (non-hydrogen) atoms. The van der Waals surface area contributed by atoms with Gasteiger partial charge in [0.15, 0.2) is 0 Å². The first-order chi connectivity index (χ1) is 10.2. The second kappa shape index (κ2) is 15.5. The average Bonchev–Trinajstić information content (AvgIpc) is 2.46. The molecule has 0 atom stereocenters. The van der Waals surface area contributed by atoms with Gasteiger partial charge in [0, 0.05) is 19.3 Å². The molecule has 0 saturated carbocycles. The van der Waals surface area contributed by atoms with Crippen molar-refractivity contribution in [3.63, 3.8) is 0 Å². The van der Waals surface area contributed by atoms with Crippen LogP contribution in [-0.2, 0) is 14.3 Å². The van der Waals surface area contributed by atoms with Gasteiger partial charge in [-0.2, -0.15) is 0 Å². The number of hydrogen-bond acceptors (Lipinski definition) is 3. The van der Waals surface area contributed by atoms with Crippen molar-refractivity contribution in [3.05, 3.63) is 0 Å². The number of unbranched alkanes of at least 4 members (excludes halogenated alkanes) is 8. The maximum absolute atomic E-state index is 11.5. The molecule has 0 aliphatic heterocycles. The summed E-state index contributed by atoms with van der Waals surface area (Å²) in [5.41, 5.74) is 0. The fraction of sp³-hybridized carbons (Fsp3) is 0.889. The molecule has 0 heterocycles. The Balaban J connectivity index is 3.24. The number of rotatable bonds is 15. The van der Waals surface area contributed by atoms with Gasteiger partial charge in [-0.1, -0.05) is 65.2 Å². The Bertz CT molecular complexity index is 261. The van der Waals surface area contributed by atoms with Crippen molar-refractivity contribution >= 4 is 11.8 Å². The topological polar surface area (TPSA) is 43.4 Å². The first-order valence-corrected chi connectivity index (χ1v) is 8.88. The maximum Gasteiger partial charge on any atom is 0.305 e. The molecule has 0 bridgehead atoms. The van der Waals surface area contributed by atoms with Crippen LogP contribution in [0.15, 0.2) is 0 Å². The molecule has 0 fully saturated rings. The van der Waals surface area contributed by atoms with Crippen LogP contribution in [0.3, 0.4) is 0 Å². The third kappa shape index (κ3) is 15.3. The largest absolute Gasteiger partial charge is 0.465 e. The number of ketones is 1. The van der Waals surface area contributed by atoms with Crippen molar-refractivity contribution in [2.24, 2.45) is 0 Å². The quantitative estimate of drug-likeness (QED) is 0.308. The van der Waals surface area contributed by atoms with Crippen LogP contribution in [-0.4, -0.2) is 18.4 Å². The highest BCUT2D eigenvalue weighted by Crippen LogP contribution is 2.10. The molecule has 0 radical (unpaired) electrons. The fourth-order valence-electron chi connectivity index (χ4n) is 2.33. The highest BCUT2D eigenvalue weighted by atomic mass is 16.5. The van der Waals surface area contributed by atoms with Crippen LogP contribution in [0.2, 0.25) is 0 Å². The highest BCUT2D eigenvalue weighted by Gasteiger charge is 2.05. The van der Waals surface area contributed by atoms with E-state index in [9.17, 15) is 9.59 Å². The number of Topliss-reactive ketones (excluding diaryl/α,β-unsaturated/α-hetero) is 1. The van der Waals surface area contributed by atoms with Crippen molar-refractivity contribution in [2.45, 2.75) is 97.3 Å². The van der Waals surface area contributed by atoms with Gasteiger partial charge in [-0.15, -0.1) is 0 Å². The lowest BCUT2D eigenvalue weighted by Gasteiger charge is -2.04. The van der Waals surface area contributed by atoms with Gasteiger partial charge in [0.25, 0.3) is 0 Å². The summed E-state index contributed by atoms with van der Waals surface area (Å²) >= 11 is 0. The van der Waals surface area contributed by atoms with Crippen molar-refractivity contribution in [3.8, 4) is 0 Å². The second-order valence-corrected chi connectivity index (χ2v) is 5.84. The predicted octanol–water partition coefficient (Wildman–Crippen LogP) is 5.21. The molecular weight excluding hydrogens is 264 g/mol. The first-order valence-electron chi connectivity index (χ1n) is 8.88. The summed E-state index contributed by atoms with van der Waals surface area (Å²) < 4.78 is 5.07. The smallest absolute Gasteiger partial charge is 0.305 e. The molecule has 0 amide bonds. The van der Waals surface area contributed by atoms with Gasteiger partial charge in [0.05, 0.1) is 6.61 Å². The van der Waals surface area contributed by atoms with Crippen LogP contribution in [0.25, 0.3) is 0 Å². The predicted molar refractivity (Wildman–Crippen MR) is 87.3 cm³/mol. The standard InChI is InChI=1S/C18H34O3/c1-3-5-6-7-8-9-10-11-12-14-18(20)21-16-15-17(19)13-4-2/h3-16H2,1-2H3. The lowest BCUT2D eigenvalue weighted by Crippen LogP contribution is -2.09. The zero-order valence-electron chi connectivity index (χ0n) is 14.1. The molecule has 0 rings (SSSR count). The Morgan fingerprint density at radius 1 is 0.667 bits per heavy atom. The Morgan fingerprint density at radius 2 is 1.24 bits per heavy atom. The van der Waals surface area contributed by atoms with Gasteiger partial charge in [-0.05, 0) is 12.8 Å². The molecule has 0 aromatic rings. The molecule has 0 aromatic heterocycles. The zero-order chi connectivity index (χ0) is 15.8. The van der Waals surface area contributed by atoms with Crippen molar-refractivity contribution < 1.29 is 14.3 Å². The van der Waals surface area contributed by atoms with E-state index in [1.165, 1.54) is 44.9 Å². The average molecular weight is 298 g/mol. The molecule has 0 aliphatic rings. The van der Waals surface area contributed by atoms with Crippen molar-refractivity contribution in [1.29, 1.82) is 0 Å².